The van der Waals surface area contributed by atoms with Gasteiger partial charge in [0.25, 0.3) is 5.91 Å². The van der Waals surface area contributed by atoms with E-state index in [0.717, 1.165) is 31.5 Å². The minimum atomic E-state index is -0.314. The highest BCUT2D eigenvalue weighted by atomic mass is 19.1. The second-order valence-corrected chi connectivity index (χ2v) is 7.49. The van der Waals surface area contributed by atoms with Gasteiger partial charge in [-0.1, -0.05) is 0 Å². The Bertz CT molecular complexity index is 851. The van der Waals surface area contributed by atoms with E-state index >= 15 is 0 Å². The molecule has 1 fully saturated rings. The molecule has 2 amide bonds. The van der Waals surface area contributed by atoms with Gasteiger partial charge in [0, 0.05) is 37.1 Å². The molecule has 148 valence electrons. The molecule has 5 nitrogen and oxygen atoms in total. The average molecular weight is 383 g/mol. The summed E-state index contributed by atoms with van der Waals surface area (Å²) in [6.45, 7) is 5.06. The molecule has 0 saturated carbocycles. The fourth-order valence-corrected chi connectivity index (χ4v) is 3.58. The van der Waals surface area contributed by atoms with E-state index < -0.39 is 0 Å². The van der Waals surface area contributed by atoms with Crippen molar-refractivity contribution < 1.29 is 14.0 Å². The SMILES string of the molecule is Cc1ccc(C(=O)N2CCC[C@@H](CCC(=O)Nc3ccc(F)cc3C)C2)cn1. The summed E-state index contributed by atoms with van der Waals surface area (Å²) in [5.74, 6) is -0.0908. The Morgan fingerprint density at radius 2 is 2.07 bits per heavy atom. The molecule has 0 spiro atoms. The van der Waals surface area contributed by atoms with Crippen molar-refractivity contribution in [3.8, 4) is 0 Å². The van der Waals surface area contributed by atoms with Crippen molar-refractivity contribution in [3.05, 3.63) is 59.2 Å². The van der Waals surface area contributed by atoms with Crippen LogP contribution in [-0.2, 0) is 4.79 Å². The summed E-state index contributed by atoms with van der Waals surface area (Å²) in [6, 6.07) is 7.98. The third-order valence-corrected chi connectivity index (χ3v) is 5.21. The van der Waals surface area contributed by atoms with Gasteiger partial charge in [-0.05, 0) is 74.9 Å². The molecule has 1 N–H and O–H groups in total. The molecular formula is C22H26FN3O2. The van der Waals surface area contributed by atoms with Crippen molar-refractivity contribution >= 4 is 17.5 Å². The van der Waals surface area contributed by atoms with Crippen LogP contribution in [0.2, 0.25) is 0 Å². The third-order valence-electron chi connectivity index (χ3n) is 5.21. The molecule has 1 aliphatic rings. The van der Waals surface area contributed by atoms with Crippen LogP contribution in [0, 0.1) is 25.6 Å². The van der Waals surface area contributed by atoms with Crippen LogP contribution in [0.1, 0.15) is 47.3 Å². The minimum Gasteiger partial charge on any atom is -0.338 e. The summed E-state index contributed by atoms with van der Waals surface area (Å²) in [5, 5.41) is 2.85. The van der Waals surface area contributed by atoms with Gasteiger partial charge in [-0.2, -0.15) is 0 Å². The number of amides is 2. The number of pyridine rings is 1. The van der Waals surface area contributed by atoms with Crippen LogP contribution in [0.5, 0.6) is 0 Å². The van der Waals surface area contributed by atoms with E-state index in [4.69, 9.17) is 0 Å². The Morgan fingerprint density at radius 3 is 2.79 bits per heavy atom. The summed E-state index contributed by atoms with van der Waals surface area (Å²) in [4.78, 5) is 31.0. The highest BCUT2D eigenvalue weighted by molar-refractivity contribution is 5.94. The second kappa shape index (κ2) is 8.95. The first-order chi connectivity index (χ1) is 13.4. The Kier molecular flexibility index (Phi) is 6.39. The minimum absolute atomic E-state index is 0.00332. The van der Waals surface area contributed by atoms with Crippen molar-refractivity contribution in [3.63, 3.8) is 0 Å². The normalized spacial score (nSPS) is 16.7. The van der Waals surface area contributed by atoms with Crippen molar-refractivity contribution in [1.29, 1.82) is 0 Å². The molecule has 2 heterocycles. The van der Waals surface area contributed by atoms with Crippen LogP contribution in [0.25, 0.3) is 0 Å². The highest BCUT2D eigenvalue weighted by Crippen LogP contribution is 2.23. The fourth-order valence-electron chi connectivity index (χ4n) is 3.58. The van der Waals surface area contributed by atoms with Gasteiger partial charge >= 0.3 is 0 Å². The smallest absolute Gasteiger partial charge is 0.255 e. The first kappa shape index (κ1) is 20.0. The van der Waals surface area contributed by atoms with Crippen molar-refractivity contribution in [2.75, 3.05) is 18.4 Å². The number of hydrogen-bond donors (Lipinski definition) is 1. The number of piperidine rings is 1. The lowest BCUT2D eigenvalue weighted by Crippen LogP contribution is -2.40. The molecule has 0 bridgehead atoms. The number of anilines is 1. The number of halogens is 1. The zero-order valence-corrected chi connectivity index (χ0v) is 16.4. The van der Waals surface area contributed by atoms with Crippen molar-refractivity contribution in [1.82, 2.24) is 9.88 Å². The molecule has 1 aromatic carbocycles. The topological polar surface area (TPSA) is 62.3 Å². The predicted molar refractivity (Wildman–Crippen MR) is 107 cm³/mol. The summed E-state index contributed by atoms with van der Waals surface area (Å²) in [7, 11) is 0. The van der Waals surface area contributed by atoms with Gasteiger partial charge in [0.05, 0.1) is 5.56 Å². The van der Waals surface area contributed by atoms with E-state index in [0.29, 0.717) is 35.7 Å². The number of likely N-dealkylation sites (tertiary alicyclic amines) is 1. The number of carbonyl (C=O) groups excluding carboxylic acids is 2. The molecule has 1 aromatic heterocycles. The number of aryl methyl sites for hydroxylation is 2. The highest BCUT2D eigenvalue weighted by Gasteiger charge is 2.25. The maximum absolute atomic E-state index is 13.2. The molecule has 1 aliphatic heterocycles. The number of nitrogens with zero attached hydrogens (tertiary/aromatic N) is 2. The van der Waals surface area contributed by atoms with Crippen LogP contribution in [0.4, 0.5) is 10.1 Å². The second-order valence-electron chi connectivity index (χ2n) is 7.49. The largest absolute Gasteiger partial charge is 0.338 e. The molecule has 0 aliphatic carbocycles. The standard InChI is InChI=1S/C22H26FN3O2/c1-15-12-19(23)8-9-20(15)25-21(27)10-6-17-4-3-11-26(14-17)22(28)18-7-5-16(2)24-13-18/h5,7-9,12-13,17H,3-4,6,10-11,14H2,1-2H3,(H,25,27)/t17-/m0/s1. The van der Waals surface area contributed by atoms with E-state index in [1.165, 1.54) is 12.1 Å². The molecule has 0 unspecified atom stereocenters. The third kappa shape index (κ3) is 5.15. The monoisotopic (exact) mass is 383 g/mol. The number of aromatic nitrogens is 1. The molecule has 1 saturated heterocycles. The molecule has 28 heavy (non-hydrogen) atoms. The number of nitrogens with one attached hydrogen (secondary N) is 1. The fraction of sp³-hybridized carbons (Fsp3) is 0.409. The summed E-state index contributed by atoms with van der Waals surface area (Å²) in [5.41, 5.74) is 2.83. The summed E-state index contributed by atoms with van der Waals surface area (Å²) in [6.07, 6.45) is 4.69. The Morgan fingerprint density at radius 1 is 1.25 bits per heavy atom. The Hall–Kier alpha value is -2.76. The average Bonchev–Trinajstić information content (AvgIpc) is 2.69. The molecule has 1 atom stereocenters. The van der Waals surface area contributed by atoms with E-state index in [2.05, 4.69) is 10.3 Å². The van der Waals surface area contributed by atoms with E-state index in [1.807, 2.05) is 24.0 Å². The number of hydrogen-bond acceptors (Lipinski definition) is 3. The molecule has 0 radical (unpaired) electrons. The number of rotatable bonds is 5. The van der Waals surface area contributed by atoms with Gasteiger partial charge in [-0.15, -0.1) is 0 Å². The Labute approximate surface area is 165 Å². The summed E-state index contributed by atoms with van der Waals surface area (Å²) < 4.78 is 13.2. The quantitative estimate of drug-likeness (QED) is 0.845. The maximum atomic E-state index is 13.2. The van der Waals surface area contributed by atoms with Crippen LogP contribution < -0.4 is 5.32 Å². The number of carbonyl (C=O) groups is 2. The van der Waals surface area contributed by atoms with Crippen LogP contribution >= 0.6 is 0 Å². The lowest BCUT2D eigenvalue weighted by Gasteiger charge is -2.32. The van der Waals surface area contributed by atoms with Gasteiger partial charge in [0.1, 0.15) is 5.82 Å². The van der Waals surface area contributed by atoms with Gasteiger partial charge < -0.3 is 10.2 Å². The molecule has 2 aromatic rings. The van der Waals surface area contributed by atoms with Crippen LogP contribution in [0.15, 0.2) is 36.5 Å². The molecule has 6 heteroatoms. The van der Waals surface area contributed by atoms with Gasteiger partial charge in [0.15, 0.2) is 0 Å². The maximum Gasteiger partial charge on any atom is 0.255 e. The lowest BCUT2D eigenvalue weighted by atomic mass is 9.93. The zero-order valence-electron chi connectivity index (χ0n) is 16.4. The summed E-state index contributed by atoms with van der Waals surface area (Å²) >= 11 is 0. The molecule has 3 rings (SSSR count). The lowest BCUT2D eigenvalue weighted by molar-refractivity contribution is -0.116. The zero-order chi connectivity index (χ0) is 20.1. The van der Waals surface area contributed by atoms with Crippen molar-refractivity contribution in [2.24, 2.45) is 5.92 Å². The van der Waals surface area contributed by atoms with E-state index in [-0.39, 0.29) is 17.6 Å². The van der Waals surface area contributed by atoms with E-state index in [9.17, 15) is 14.0 Å². The van der Waals surface area contributed by atoms with Crippen molar-refractivity contribution in [2.45, 2.75) is 39.5 Å². The first-order valence-corrected chi connectivity index (χ1v) is 9.70. The molecular weight excluding hydrogens is 357 g/mol. The number of benzene rings is 1. The van der Waals surface area contributed by atoms with Gasteiger partial charge in [-0.3, -0.25) is 14.6 Å². The van der Waals surface area contributed by atoms with Crippen LogP contribution in [0.3, 0.4) is 0 Å². The first-order valence-electron chi connectivity index (χ1n) is 9.70. The predicted octanol–water partition coefficient (Wildman–Crippen LogP) is 4.11. The Balaban J connectivity index is 1.51. The van der Waals surface area contributed by atoms with Crippen LogP contribution in [-0.4, -0.2) is 34.8 Å². The van der Waals surface area contributed by atoms with Gasteiger partial charge in [0.2, 0.25) is 5.91 Å². The van der Waals surface area contributed by atoms with Gasteiger partial charge in [-0.25, -0.2) is 4.39 Å². The van der Waals surface area contributed by atoms with E-state index in [1.54, 1.807) is 19.2 Å².